The average Bonchev–Trinajstić information content (AvgIpc) is 2.31. The first-order valence-electron chi connectivity index (χ1n) is 6.95. The minimum atomic E-state index is -0.562. The van der Waals surface area contributed by atoms with Crippen molar-refractivity contribution in [2.75, 3.05) is 0 Å². The Kier molecular flexibility index (Phi) is 5.83. The minimum Gasteiger partial charge on any atom is -0.374 e. The van der Waals surface area contributed by atoms with Crippen LogP contribution in [0, 0.1) is 19.8 Å². The molecule has 0 radical (unpaired) electrons. The summed E-state index contributed by atoms with van der Waals surface area (Å²) in [7, 11) is 0. The second-order valence-corrected chi connectivity index (χ2v) is 5.65. The van der Waals surface area contributed by atoms with Gasteiger partial charge in [-0.2, -0.15) is 0 Å². The zero-order valence-electron chi connectivity index (χ0n) is 12.3. The van der Waals surface area contributed by atoms with Crippen molar-refractivity contribution in [2.24, 2.45) is 5.92 Å². The molecule has 0 fully saturated rings. The lowest BCUT2D eigenvalue weighted by atomic mass is 10.0. The molecule has 0 aliphatic carbocycles. The standard InChI is InChI=1S/C16H27NO/c1-6-15(9-11(2)3)17-16(18)14-8-7-12(4)13(5)10-14/h7-8,10-11,15-18H,6,9H2,1-5H3. The molecule has 1 aromatic rings. The summed E-state index contributed by atoms with van der Waals surface area (Å²) < 4.78 is 0. The van der Waals surface area contributed by atoms with E-state index in [1.165, 1.54) is 11.1 Å². The number of aryl methyl sites for hydroxylation is 2. The molecule has 2 heteroatoms. The second kappa shape index (κ2) is 6.91. The summed E-state index contributed by atoms with van der Waals surface area (Å²) in [6, 6.07) is 6.51. The number of hydrogen-bond donors (Lipinski definition) is 2. The van der Waals surface area contributed by atoms with Crippen LogP contribution in [-0.4, -0.2) is 11.1 Å². The molecule has 2 unspecified atom stereocenters. The Bertz CT molecular complexity index is 373. The summed E-state index contributed by atoms with van der Waals surface area (Å²) in [5.74, 6) is 0.648. The third-order valence-corrected chi connectivity index (χ3v) is 3.49. The smallest absolute Gasteiger partial charge is 0.131 e. The van der Waals surface area contributed by atoms with Gasteiger partial charge in [0.2, 0.25) is 0 Å². The highest BCUT2D eigenvalue weighted by atomic mass is 16.3. The van der Waals surface area contributed by atoms with Crippen LogP contribution in [0.5, 0.6) is 0 Å². The third-order valence-electron chi connectivity index (χ3n) is 3.49. The highest BCUT2D eigenvalue weighted by molar-refractivity contribution is 5.30. The fourth-order valence-electron chi connectivity index (χ4n) is 2.18. The van der Waals surface area contributed by atoms with Gasteiger partial charge in [0.1, 0.15) is 6.23 Å². The lowest BCUT2D eigenvalue weighted by Crippen LogP contribution is -2.33. The predicted octanol–water partition coefficient (Wildman–Crippen LogP) is 3.71. The molecule has 18 heavy (non-hydrogen) atoms. The maximum atomic E-state index is 10.2. The van der Waals surface area contributed by atoms with E-state index >= 15 is 0 Å². The van der Waals surface area contributed by atoms with Crippen molar-refractivity contribution in [3.8, 4) is 0 Å². The molecule has 0 saturated heterocycles. The van der Waals surface area contributed by atoms with Gasteiger partial charge < -0.3 is 5.11 Å². The largest absolute Gasteiger partial charge is 0.374 e. The van der Waals surface area contributed by atoms with Crippen LogP contribution in [0.25, 0.3) is 0 Å². The summed E-state index contributed by atoms with van der Waals surface area (Å²) in [6.07, 6.45) is 1.58. The van der Waals surface area contributed by atoms with Crippen molar-refractivity contribution >= 4 is 0 Å². The average molecular weight is 249 g/mol. The molecule has 0 bridgehead atoms. The van der Waals surface area contributed by atoms with Gasteiger partial charge in [0.15, 0.2) is 0 Å². The van der Waals surface area contributed by atoms with Crippen LogP contribution >= 0.6 is 0 Å². The molecular weight excluding hydrogens is 222 g/mol. The van der Waals surface area contributed by atoms with Crippen LogP contribution in [-0.2, 0) is 0 Å². The Morgan fingerprint density at radius 1 is 1.17 bits per heavy atom. The van der Waals surface area contributed by atoms with E-state index in [4.69, 9.17) is 0 Å². The maximum absolute atomic E-state index is 10.2. The Balaban J connectivity index is 2.68. The van der Waals surface area contributed by atoms with Crippen molar-refractivity contribution < 1.29 is 5.11 Å². The number of rotatable bonds is 6. The van der Waals surface area contributed by atoms with Crippen LogP contribution in [0.15, 0.2) is 18.2 Å². The van der Waals surface area contributed by atoms with E-state index in [1.54, 1.807) is 0 Å². The molecule has 2 N–H and O–H groups in total. The normalized spacial score (nSPS) is 14.8. The lowest BCUT2D eigenvalue weighted by Gasteiger charge is -2.23. The predicted molar refractivity (Wildman–Crippen MR) is 77.5 cm³/mol. The SMILES string of the molecule is CCC(CC(C)C)NC(O)c1ccc(C)c(C)c1. The van der Waals surface area contributed by atoms with Crippen molar-refractivity contribution in [3.05, 3.63) is 34.9 Å². The second-order valence-electron chi connectivity index (χ2n) is 5.65. The van der Waals surface area contributed by atoms with E-state index in [0.29, 0.717) is 12.0 Å². The molecule has 1 aromatic carbocycles. The van der Waals surface area contributed by atoms with Crippen molar-refractivity contribution in [2.45, 2.75) is 59.7 Å². The number of hydrogen-bond acceptors (Lipinski definition) is 2. The molecule has 2 nitrogen and oxygen atoms in total. The van der Waals surface area contributed by atoms with E-state index < -0.39 is 6.23 Å². The monoisotopic (exact) mass is 249 g/mol. The van der Waals surface area contributed by atoms with Gasteiger partial charge in [0.25, 0.3) is 0 Å². The fraction of sp³-hybridized carbons (Fsp3) is 0.625. The fourth-order valence-corrected chi connectivity index (χ4v) is 2.18. The van der Waals surface area contributed by atoms with E-state index in [1.807, 2.05) is 6.07 Å². The summed E-state index contributed by atoms with van der Waals surface area (Å²) in [4.78, 5) is 0. The summed E-state index contributed by atoms with van der Waals surface area (Å²) in [6.45, 7) is 10.8. The molecule has 0 aromatic heterocycles. The molecule has 0 aliphatic heterocycles. The first-order chi connectivity index (χ1) is 8.43. The molecule has 2 atom stereocenters. The van der Waals surface area contributed by atoms with Crippen LogP contribution in [0.3, 0.4) is 0 Å². The van der Waals surface area contributed by atoms with Gasteiger partial charge in [-0.15, -0.1) is 0 Å². The van der Waals surface area contributed by atoms with E-state index in [0.717, 1.165) is 18.4 Å². The molecule has 1 rings (SSSR count). The lowest BCUT2D eigenvalue weighted by molar-refractivity contribution is 0.117. The Morgan fingerprint density at radius 3 is 2.33 bits per heavy atom. The van der Waals surface area contributed by atoms with Crippen molar-refractivity contribution in [1.82, 2.24) is 5.32 Å². The first-order valence-corrected chi connectivity index (χ1v) is 6.95. The van der Waals surface area contributed by atoms with Gasteiger partial charge in [-0.05, 0) is 49.3 Å². The number of aliphatic hydroxyl groups excluding tert-OH is 1. The molecular formula is C16H27NO. The summed E-state index contributed by atoms with van der Waals surface area (Å²) in [5.41, 5.74) is 3.45. The molecule has 0 amide bonds. The van der Waals surface area contributed by atoms with E-state index in [2.05, 4.69) is 52.1 Å². The Hall–Kier alpha value is -0.860. The Morgan fingerprint density at radius 2 is 1.83 bits per heavy atom. The molecule has 0 spiro atoms. The highest BCUT2D eigenvalue weighted by Gasteiger charge is 2.14. The highest BCUT2D eigenvalue weighted by Crippen LogP contribution is 2.17. The van der Waals surface area contributed by atoms with Crippen LogP contribution in [0.4, 0.5) is 0 Å². The topological polar surface area (TPSA) is 32.3 Å². The number of aliphatic hydroxyl groups is 1. The summed E-state index contributed by atoms with van der Waals surface area (Å²) >= 11 is 0. The van der Waals surface area contributed by atoms with Crippen LogP contribution < -0.4 is 5.32 Å². The van der Waals surface area contributed by atoms with E-state index in [-0.39, 0.29) is 0 Å². The summed E-state index contributed by atoms with van der Waals surface area (Å²) in [5, 5.41) is 13.6. The van der Waals surface area contributed by atoms with E-state index in [9.17, 15) is 5.11 Å². The maximum Gasteiger partial charge on any atom is 0.131 e. The Labute approximate surface area is 111 Å². The third kappa shape index (κ3) is 4.43. The van der Waals surface area contributed by atoms with Gasteiger partial charge >= 0.3 is 0 Å². The molecule has 102 valence electrons. The number of benzene rings is 1. The van der Waals surface area contributed by atoms with Gasteiger partial charge in [0.05, 0.1) is 0 Å². The van der Waals surface area contributed by atoms with Crippen molar-refractivity contribution in [3.63, 3.8) is 0 Å². The molecule has 0 saturated carbocycles. The molecule has 0 aliphatic rings. The van der Waals surface area contributed by atoms with Crippen molar-refractivity contribution in [1.29, 1.82) is 0 Å². The minimum absolute atomic E-state index is 0.376. The first kappa shape index (κ1) is 15.2. The van der Waals surface area contributed by atoms with Crippen LogP contribution in [0.1, 0.15) is 56.5 Å². The molecule has 0 heterocycles. The quantitative estimate of drug-likeness (QED) is 0.753. The van der Waals surface area contributed by atoms with Gasteiger partial charge in [-0.25, -0.2) is 0 Å². The number of nitrogens with one attached hydrogen (secondary N) is 1. The van der Waals surface area contributed by atoms with Gasteiger partial charge in [-0.3, -0.25) is 5.32 Å². The van der Waals surface area contributed by atoms with Gasteiger partial charge in [0, 0.05) is 6.04 Å². The zero-order chi connectivity index (χ0) is 13.7. The van der Waals surface area contributed by atoms with Crippen LogP contribution in [0.2, 0.25) is 0 Å². The van der Waals surface area contributed by atoms with Gasteiger partial charge in [-0.1, -0.05) is 39.0 Å². The zero-order valence-corrected chi connectivity index (χ0v) is 12.3.